The number of likely N-dealkylation sites (N-methyl/N-ethyl adjacent to an activating group) is 1. The number of nitrogens with zero attached hydrogens (tertiary/aromatic N) is 2. The minimum atomic E-state index is 0.0727. The highest BCUT2D eigenvalue weighted by Gasteiger charge is 2.50. The van der Waals surface area contributed by atoms with Crippen LogP contribution in [0.2, 0.25) is 0 Å². The van der Waals surface area contributed by atoms with Gasteiger partial charge in [0, 0.05) is 26.8 Å². The Balaban J connectivity index is 1.49. The highest BCUT2D eigenvalue weighted by Crippen LogP contribution is 2.38. The molecule has 0 bridgehead atoms. The molecule has 0 aliphatic carbocycles. The van der Waals surface area contributed by atoms with Gasteiger partial charge < -0.3 is 14.4 Å². The summed E-state index contributed by atoms with van der Waals surface area (Å²) in [6.45, 7) is 5.66. The molecule has 0 saturated carbocycles. The van der Waals surface area contributed by atoms with Gasteiger partial charge >= 0.3 is 0 Å². The third-order valence-corrected chi connectivity index (χ3v) is 5.46. The molecule has 1 unspecified atom stereocenters. The summed E-state index contributed by atoms with van der Waals surface area (Å²) < 4.78 is 10.9. The topological polar surface area (TPSA) is 42.0 Å². The molecule has 1 aromatic rings. The molecule has 0 N–H and O–H groups in total. The van der Waals surface area contributed by atoms with E-state index in [0.29, 0.717) is 5.92 Å². The number of aryl methyl sites for hydroxylation is 1. The molecule has 5 heteroatoms. The lowest BCUT2D eigenvalue weighted by molar-refractivity contribution is -0.153. The normalized spacial score (nSPS) is 23.1. The van der Waals surface area contributed by atoms with Crippen LogP contribution in [0.1, 0.15) is 18.4 Å². The van der Waals surface area contributed by atoms with Crippen LogP contribution in [0.3, 0.4) is 0 Å². The summed E-state index contributed by atoms with van der Waals surface area (Å²) >= 11 is 0. The summed E-state index contributed by atoms with van der Waals surface area (Å²) in [5, 5.41) is 0. The fourth-order valence-electron chi connectivity index (χ4n) is 3.87. The van der Waals surface area contributed by atoms with E-state index >= 15 is 0 Å². The predicted molar refractivity (Wildman–Crippen MR) is 93.2 cm³/mol. The Hall–Kier alpha value is -1.59. The molecule has 2 aliphatic heterocycles. The van der Waals surface area contributed by atoms with Crippen molar-refractivity contribution in [2.45, 2.75) is 25.3 Å². The molecule has 2 aliphatic rings. The van der Waals surface area contributed by atoms with E-state index in [1.165, 1.54) is 12.0 Å². The molecule has 5 nitrogen and oxygen atoms in total. The van der Waals surface area contributed by atoms with Crippen molar-refractivity contribution in [2.24, 2.45) is 5.92 Å². The van der Waals surface area contributed by atoms with Crippen LogP contribution < -0.4 is 4.74 Å². The van der Waals surface area contributed by atoms with Crippen LogP contribution in [0, 0.1) is 12.8 Å². The Morgan fingerprint density at radius 3 is 2.67 bits per heavy atom. The predicted octanol–water partition coefficient (Wildman–Crippen LogP) is 1.94. The van der Waals surface area contributed by atoms with Crippen LogP contribution in [0.5, 0.6) is 5.75 Å². The Kier molecular flexibility index (Phi) is 5.11. The standard InChI is InChI=1S/C19H28N2O3/c1-15-4-6-17(7-5-15)24-12-18(22)21-13-19(14-21)10-16(11-23-3)8-9-20(19)2/h4-7,16H,8-14H2,1-3H3. The molecule has 1 atom stereocenters. The maximum atomic E-state index is 12.4. The van der Waals surface area contributed by atoms with E-state index in [1.807, 2.05) is 36.1 Å². The molecule has 2 saturated heterocycles. The summed E-state index contributed by atoms with van der Waals surface area (Å²) in [4.78, 5) is 16.7. The first kappa shape index (κ1) is 17.2. The quantitative estimate of drug-likeness (QED) is 0.826. The Morgan fingerprint density at radius 2 is 2.00 bits per heavy atom. The monoisotopic (exact) mass is 332 g/mol. The molecule has 132 valence electrons. The van der Waals surface area contributed by atoms with Crippen LogP contribution in [0.15, 0.2) is 24.3 Å². The van der Waals surface area contributed by atoms with Crippen molar-refractivity contribution in [3.63, 3.8) is 0 Å². The number of rotatable bonds is 5. The van der Waals surface area contributed by atoms with E-state index in [0.717, 1.165) is 38.4 Å². The summed E-state index contributed by atoms with van der Waals surface area (Å²) in [6.07, 6.45) is 2.29. The molecule has 1 amide bonds. The van der Waals surface area contributed by atoms with Crippen molar-refractivity contribution < 1.29 is 14.3 Å². The third kappa shape index (κ3) is 3.57. The highest BCUT2D eigenvalue weighted by molar-refractivity contribution is 5.79. The number of methoxy groups -OCH3 is 1. The van der Waals surface area contributed by atoms with Gasteiger partial charge in [0.25, 0.3) is 5.91 Å². The maximum Gasteiger partial charge on any atom is 0.260 e. The van der Waals surface area contributed by atoms with Gasteiger partial charge in [-0.2, -0.15) is 0 Å². The molecule has 1 aromatic carbocycles. The van der Waals surface area contributed by atoms with Crippen molar-refractivity contribution >= 4 is 5.91 Å². The fourth-order valence-corrected chi connectivity index (χ4v) is 3.87. The molecule has 2 fully saturated rings. The fraction of sp³-hybridized carbons (Fsp3) is 0.632. The Morgan fingerprint density at radius 1 is 1.29 bits per heavy atom. The van der Waals surface area contributed by atoms with Gasteiger partial charge in [-0.1, -0.05) is 17.7 Å². The third-order valence-electron chi connectivity index (χ3n) is 5.46. The smallest absolute Gasteiger partial charge is 0.260 e. The van der Waals surface area contributed by atoms with Gasteiger partial charge in [-0.15, -0.1) is 0 Å². The molecule has 24 heavy (non-hydrogen) atoms. The first-order chi connectivity index (χ1) is 11.5. The Labute approximate surface area is 144 Å². The zero-order chi connectivity index (χ0) is 17.2. The largest absolute Gasteiger partial charge is 0.484 e. The SMILES string of the molecule is COCC1CCN(C)C2(C1)CN(C(=O)COc1ccc(C)cc1)C2. The first-order valence-electron chi connectivity index (χ1n) is 8.70. The van der Waals surface area contributed by atoms with Crippen molar-refractivity contribution in [1.82, 2.24) is 9.80 Å². The van der Waals surface area contributed by atoms with Crippen LogP contribution in [-0.4, -0.2) is 68.3 Å². The lowest BCUT2D eigenvalue weighted by Gasteiger charge is -2.58. The van der Waals surface area contributed by atoms with Gasteiger partial charge in [0.1, 0.15) is 5.75 Å². The molecular formula is C19H28N2O3. The van der Waals surface area contributed by atoms with Gasteiger partial charge in [0.05, 0.1) is 5.54 Å². The molecule has 1 spiro atoms. The molecule has 0 radical (unpaired) electrons. The molecular weight excluding hydrogens is 304 g/mol. The number of hydrogen-bond acceptors (Lipinski definition) is 4. The highest BCUT2D eigenvalue weighted by atomic mass is 16.5. The summed E-state index contributed by atoms with van der Waals surface area (Å²) in [7, 11) is 3.94. The second-order valence-corrected chi connectivity index (χ2v) is 7.31. The zero-order valence-corrected chi connectivity index (χ0v) is 15.0. The summed E-state index contributed by atoms with van der Waals surface area (Å²) in [6, 6.07) is 7.80. The number of piperidine rings is 1. The maximum absolute atomic E-state index is 12.4. The minimum absolute atomic E-state index is 0.0727. The van der Waals surface area contributed by atoms with E-state index in [-0.39, 0.29) is 18.1 Å². The van der Waals surface area contributed by atoms with E-state index in [4.69, 9.17) is 9.47 Å². The van der Waals surface area contributed by atoms with Crippen molar-refractivity contribution in [1.29, 1.82) is 0 Å². The van der Waals surface area contributed by atoms with Crippen molar-refractivity contribution in [3.05, 3.63) is 29.8 Å². The second-order valence-electron chi connectivity index (χ2n) is 7.31. The summed E-state index contributed by atoms with van der Waals surface area (Å²) in [5.74, 6) is 1.43. The average Bonchev–Trinajstić information content (AvgIpc) is 2.54. The zero-order valence-electron chi connectivity index (χ0n) is 15.0. The van der Waals surface area contributed by atoms with E-state index in [1.54, 1.807) is 7.11 Å². The lowest BCUT2D eigenvalue weighted by atomic mass is 9.75. The van der Waals surface area contributed by atoms with Gasteiger partial charge in [0.15, 0.2) is 6.61 Å². The van der Waals surface area contributed by atoms with Gasteiger partial charge in [-0.05, 0) is 51.4 Å². The van der Waals surface area contributed by atoms with Crippen LogP contribution >= 0.6 is 0 Å². The van der Waals surface area contributed by atoms with Crippen molar-refractivity contribution in [2.75, 3.05) is 47.0 Å². The van der Waals surface area contributed by atoms with E-state index in [2.05, 4.69) is 11.9 Å². The van der Waals surface area contributed by atoms with Crippen LogP contribution in [-0.2, 0) is 9.53 Å². The molecule has 3 rings (SSSR count). The number of carbonyl (C=O) groups excluding carboxylic acids is 1. The number of benzene rings is 1. The Bertz CT molecular complexity index is 566. The number of carbonyl (C=O) groups is 1. The lowest BCUT2D eigenvalue weighted by Crippen LogP contribution is -2.73. The number of hydrogen-bond donors (Lipinski definition) is 0. The summed E-state index contributed by atoms with van der Waals surface area (Å²) in [5.41, 5.74) is 1.32. The number of likely N-dealkylation sites (tertiary alicyclic amines) is 2. The van der Waals surface area contributed by atoms with E-state index in [9.17, 15) is 4.79 Å². The van der Waals surface area contributed by atoms with E-state index < -0.39 is 0 Å². The van der Waals surface area contributed by atoms with Crippen LogP contribution in [0.4, 0.5) is 0 Å². The van der Waals surface area contributed by atoms with Crippen LogP contribution in [0.25, 0.3) is 0 Å². The molecule has 2 heterocycles. The van der Waals surface area contributed by atoms with Gasteiger partial charge in [-0.3, -0.25) is 9.69 Å². The van der Waals surface area contributed by atoms with Gasteiger partial charge in [-0.25, -0.2) is 0 Å². The first-order valence-corrected chi connectivity index (χ1v) is 8.70. The van der Waals surface area contributed by atoms with Gasteiger partial charge in [0.2, 0.25) is 0 Å². The average molecular weight is 332 g/mol. The van der Waals surface area contributed by atoms with Crippen molar-refractivity contribution in [3.8, 4) is 5.75 Å². The second kappa shape index (κ2) is 7.11. The molecule has 0 aromatic heterocycles. The minimum Gasteiger partial charge on any atom is -0.484 e. The number of amides is 1. The number of ether oxygens (including phenoxy) is 2.